The number of benzene rings is 1. The van der Waals surface area contributed by atoms with E-state index < -0.39 is 32.9 Å². The Bertz CT molecular complexity index is 593. The summed E-state index contributed by atoms with van der Waals surface area (Å²) < 4.78 is 16.5. The van der Waals surface area contributed by atoms with Crippen molar-refractivity contribution < 1.29 is 29.2 Å². The third-order valence-electron chi connectivity index (χ3n) is 3.32. The van der Waals surface area contributed by atoms with Gasteiger partial charge in [0.1, 0.15) is 12.7 Å². The van der Waals surface area contributed by atoms with Gasteiger partial charge in [0.15, 0.2) is 11.9 Å². The molecule has 1 aliphatic rings. The Morgan fingerprint density at radius 2 is 1.88 bits per heavy atom. The maximum Gasteiger partial charge on any atom is 0.378 e. The largest absolute Gasteiger partial charge is 0.488 e. The van der Waals surface area contributed by atoms with Gasteiger partial charge in [-0.2, -0.15) is 0 Å². The second-order valence-corrected chi connectivity index (χ2v) is 12.3. The topological polar surface area (TPSA) is 85.2 Å². The van der Waals surface area contributed by atoms with E-state index in [1.807, 2.05) is 30.3 Å². The number of esters is 1. The lowest BCUT2D eigenvalue weighted by Crippen LogP contribution is -2.32. The van der Waals surface area contributed by atoms with Crippen molar-refractivity contribution in [1.82, 2.24) is 0 Å². The number of carbonyl (C=O) groups is 1. The van der Waals surface area contributed by atoms with E-state index in [9.17, 15) is 15.0 Å². The van der Waals surface area contributed by atoms with Crippen LogP contribution in [0.5, 0.6) is 0 Å². The summed E-state index contributed by atoms with van der Waals surface area (Å²) in [7, 11) is -1.56. The highest BCUT2D eigenvalue weighted by atomic mass is 28.3. The Labute approximate surface area is 142 Å². The van der Waals surface area contributed by atoms with E-state index in [2.05, 4.69) is 19.6 Å². The molecule has 1 aliphatic heterocycles. The quantitative estimate of drug-likeness (QED) is 0.546. The van der Waals surface area contributed by atoms with Gasteiger partial charge in [-0.3, -0.25) is 0 Å². The van der Waals surface area contributed by atoms with Crippen LogP contribution in [0.1, 0.15) is 5.56 Å². The smallest absolute Gasteiger partial charge is 0.378 e. The average molecular weight is 352 g/mol. The van der Waals surface area contributed by atoms with Gasteiger partial charge in [0, 0.05) is 0 Å². The molecular weight excluding hydrogens is 328 g/mol. The van der Waals surface area contributed by atoms with Crippen LogP contribution in [0.3, 0.4) is 0 Å². The fourth-order valence-corrected chi connectivity index (χ4v) is 2.68. The zero-order valence-electron chi connectivity index (χ0n) is 14.2. The molecule has 0 fully saturated rings. The molecule has 0 radical (unpaired) electrons. The zero-order chi connectivity index (χ0) is 17.7. The van der Waals surface area contributed by atoms with Crippen molar-refractivity contribution in [1.29, 1.82) is 0 Å². The first-order valence-electron chi connectivity index (χ1n) is 7.85. The van der Waals surface area contributed by atoms with Crippen molar-refractivity contribution in [3.8, 4) is 0 Å². The van der Waals surface area contributed by atoms with Gasteiger partial charge in [-0.15, -0.1) is 0 Å². The first kappa shape index (κ1) is 18.5. The van der Waals surface area contributed by atoms with Crippen LogP contribution in [-0.4, -0.2) is 49.3 Å². The Balaban J connectivity index is 2.20. The van der Waals surface area contributed by atoms with E-state index >= 15 is 0 Å². The minimum atomic E-state index is -1.56. The van der Waals surface area contributed by atoms with Crippen LogP contribution in [0.2, 0.25) is 19.6 Å². The minimum absolute atomic E-state index is 0.00847. The van der Waals surface area contributed by atoms with E-state index in [1.54, 1.807) is 0 Å². The van der Waals surface area contributed by atoms with Crippen molar-refractivity contribution in [3.05, 3.63) is 47.4 Å². The highest BCUT2D eigenvalue weighted by Gasteiger charge is 2.42. The number of aliphatic hydroxyl groups is 2. The number of cyclic esters (lactones) is 1. The molecule has 1 heterocycles. The van der Waals surface area contributed by atoms with Crippen LogP contribution in [0.4, 0.5) is 0 Å². The number of hydrogen-bond acceptors (Lipinski definition) is 6. The summed E-state index contributed by atoms with van der Waals surface area (Å²) >= 11 is 0. The Morgan fingerprint density at radius 1 is 1.21 bits per heavy atom. The lowest BCUT2D eigenvalue weighted by molar-refractivity contribution is -0.148. The standard InChI is InChI=1S/C17H24O6Si/c1-24(2,3)11-22-16-15(14(13(19)9-18)23-17(16)20)21-10-12-7-5-4-6-8-12/h4-8,13-14,18-19H,9-11H2,1-3H3. The molecule has 1 aromatic rings. The molecule has 0 saturated carbocycles. The van der Waals surface area contributed by atoms with Crippen LogP contribution < -0.4 is 0 Å². The zero-order valence-corrected chi connectivity index (χ0v) is 15.2. The Hall–Kier alpha value is -1.83. The average Bonchev–Trinajstić information content (AvgIpc) is 2.86. The molecule has 0 amide bonds. The maximum absolute atomic E-state index is 12.1. The molecule has 24 heavy (non-hydrogen) atoms. The number of carbonyl (C=O) groups excluding carboxylic acids is 1. The van der Waals surface area contributed by atoms with Crippen LogP contribution in [-0.2, 0) is 25.6 Å². The monoisotopic (exact) mass is 352 g/mol. The second-order valence-electron chi connectivity index (χ2n) is 6.89. The van der Waals surface area contributed by atoms with E-state index in [0.29, 0.717) is 6.23 Å². The van der Waals surface area contributed by atoms with Gasteiger partial charge >= 0.3 is 5.97 Å². The third-order valence-corrected chi connectivity index (χ3v) is 4.34. The number of rotatable bonds is 8. The van der Waals surface area contributed by atoms with E-state index in [4.69, 9.17) is 14.2 Å². The van der Waals surface area contributed by atoms with E-state index in [1.165, 1.54) is 0 Å². The third kappa shape index (κ3) is 4.83. The highest BCUT2D eigenvalue weighted by Crippen LogP contribution is 2.28. The molecule has 0 bridgehead atoms. The Kier molecular flexibility index (Phi) is 6.03. The van der Waals surface area contributed by atoms with Gasteiger partial charge in [0.2, 0.25) is 5.76 Å². The van der Waals surface area contributed by atoms with Crippen LogP contribution in [0.15, 0.2) is 41.9 Å². The predicted octanol–water partition coefficient (Wildman–Crippen LogP) is 1.59. The molecule has 2 unspecified atom stereocenters. The number of hydrogen-bond donors (Lipinski definition) is 2. The Morgan fingerprint density at radius 3 is 2.46 bits per heavy atom. The number of ether oxygens (including phenoxy) is 3. The molecule has 7 heteroatoms. The summed E-state index contributed by atoms with van der Waals surface area (Å²) in [4.78, 5) is 12.1. The first-order chi connectivity index (χ1) is 11.3. The molecule has 0 saturated heterocycles. The summed E-state index contributed by atoms with van der Waals surface area (Å²) in [5.74, 6) is -0.539. The SMILES string of the molecule is C[Si](C)(C)COC1=C(OCc2ccccc2)C(C(O)CO)OC1=O. The molecule has 6 nitrogen and oxygen atoms in total. The predicted molar refractivity (Wildman–Crippen MR) is 90.5 cm³/mol. The fraction of sp³-hybridized carbons (Fsp3) is 0.471. The maximum atomic E-state index is 12.1. The highest BCUT2D eigenvalue weighted by molar-refractivity contribution is 6.76. The van der Waals surface area contributed by atoms with Crippen molar-refractivity contribution in [2.24, 2.45) is 0 Å². The molecule has 2 N–H and O–H groups in total. The van der Waals surface area contributed by atoms with Gasteiger partial charge in [-0.05, 0) is 5.56 Å². The molecule has 0 aromatic heterocycles. The first-order valence-corrected chi connectivity index (χ1v) is 11.6. The second kappa shape index (κ2) is 7.83. The summed E-state index contributed by atoms with van der Waals surface area (Å²) in [5.41, 5.74) is 0.908. The molecule has 132 valence electrons. The summed E-state index contributed by atoms with van der Waals surface area (Å²) in [6.07, 6.45) is -1.88. The van der Waals surface area contributed by atoms with Crippen molar-refractivity contribution in [2.75, 3.05) is 12.8 Å². The van der Waals surface area contributed by atoms with E-state index in [0.717, 1.165) is 5.56 Å². The van der Waals surface area contributed by atoms with Gasteiger partial charge in [-0.1, -0.05) is 50.0 Å². The summed E-state index contributed by atoms with van der Waals surface area (Å²) in [6, 6.07) is 9.43. The van der Waals surface area contributed by atoms with Crippen LogP contribution >= 0.6 is 0 Å². The summed E-state index contributed by atoms with van der Waals surface area (Å²) in [5, 5.41) is 19.1. The van der Waals surface area contributed by atoms with E-state index in [-0.39, 0.29) is 18.1 Å². The van der Waals surface area contributed by atoms with Gasteiger partial charge in [0.05, 0.1) is 20.9 Å². The van der Waals surface area contributed by atoms with Gasteiger partial charge < -0.3 is 24.4 Å². The molecule has 1 aromatic carbocycles. The number of aliphatic hydroxyl groups excluding tert-OH is 2. The normalized spacial score (nSPS) is 19.2. The molecule has 0 spiro atoms. The summed E-state index contributed by atoms with van der Waals surface area (Å²) in [6.45, 7) is 5.99. The fourth-order valence-electron chi connectivity index (χ4n) is 2.10. The molecule has 0 aliphatic carbocycles. The minimum Gasteiger partial charge on any atom is -0.488 e. The molecule has 2 atom stereocenters. The van der Waals surface area contributed by atoms with Crippen molar-refractivity contribution in [3.63, 3.8) is 0 Å². The van der Waals surface area contributed by atoms with Crippen LogP contribution in [0, 0.1) is 0 Å². The van der Waals surface area contributed by atoms with Gasteiger partial charge in [-0.25, -0.2) is 4.79 Å². The van der Waals surface area contributed by atoms with Crippen molar-refractivity contribution in [2.45, 2.75) is 38.5 Å². The lowest BCUT2D eigenvalue weighted by atomic mass is 10.2. The molecular formula is C17H24O6Si. The van der Waals surface area contributed by atoms with Crippen molar-refractivity contribution >= 4 is 14.0 Å². The van der Waals surface area contributed by atoms with Crippen LogP contribution in [0.25, 0.3) is 0 Å². The lowest BCUT2D eigenvalue weighted by Gasteiger charge is -2.19. The molecule has 2 rings (SSSR count). The van der Waals surface area contributed by atoms with Gasteiger partial charge in [0.25, 0.3) is 0 Å².